The van der Waals surface area contributed by atoms with Crippen LogP contribution in [0, 0.1) is 0 Å². The lowest BCUT2D eigenvalue weighted by Gasteiger charge is -2.27. The molecule has 0 aliphatic rings. The summed E-state index contributed by atoms with van der Waals surface area (Å²) in [6, 6.07) is 65.9. The van der Waals surface area contributed by atoms with Crippen molar-refractivity contribution in [1.29, 1.82) is 0 Å². The zero-order chi connectivity index (χ0) is 33.7. The number of nitrogens with zero attached hydrogens (tertiary/aromatic N) is 1. The van der Waals surface area contributed by atoms with Crippen molar-refractivity contribution < 1.29 is 8.83 Å². The Labute approximate surface area is 295 Å². The van der Waals surface area contributed by atoms with E-state index in [4.69, 9.17) is 8.83 Å². The maximum atomic E-state index is 6.87. The van der Waals surface area contributed by atoms with Crippen molar-refractivity contribution in [2.24, 2.45) is 0 Å². The molecule has 51 heavy (non-hydrogen) atoms. The Morgan fingerprint density at radius 1 is 0.314 bits per heavy atom. The minimum atomic E-state index is 0.831. The van der Waals surface area contributed by atoms with Crippen molar-refractivity contribution in [3.05, 3.63) is 188 Å². The Bertz CT molecular complexity index is 2830. The molecule has 2 heterocycles. The van der Waals surface area contributed by atoms with Gasteiger partial charge in [0, 0.05) is 27.4 Å². The van der Waals surface area contributed by atoms with Gasteiger partial charge in [0.15, 0.2) is 5.58 Å². The van der Waals surface area contributed by atoms with Crippen LogP contribution < -0.4 is 4.90 Å². The Morgan fingerprint density at radius 2 is 0.784 bits per heavy atom. The van der Waals surface area contributed by atoms with E-state index in [9.17, 15) is 0 Å². The summed E-state index contributed by atoms with van der Waals surface area (Å²) in [6.45, 7) is 0. The Hall–Kier alpha value is -6.84. The normalized spacial score (nSPS) is 11.5. The minimum absolute atomic E-state index is 0.831. The lowest BCUT2D eigenvalue weighted by Crippen LogP contribution is -2.11. The first-order valence-electron chi connectivity index (χ1n) is 17.3. The summed E-state index contributed by atoms with van der Waals surface area (Å²) in [6.07, 6.45) is 0. The van der Waals surface area contributed by atoms with Crippen molar-refractivity contribution in [2.45, 2.75) is 0 Å². The summed E-state index contributed by atoms with van der Waals surface area (Å²) >= 11 is 0. The van der Waals surface area contributed by atoms with Crippen LogP contribution in [0.25, 0.3) is 77.3 Å². The summed E-state index contributed by atoms with van der Waals surface area (Å²) in [5, 5.41) is 4.30. The van der Waals surface area contributed by atoms with Gasteiger partial charge in [-0.1, -0.05) is 146 Å². The van der Waals surface area contributed by atoms with Gasteiger partial charge in [0.05, 0.1) is 16.8 Å². The maximum absolute atomic E-state index is 6.87. The van der Waals surface area contributed by atoms with Gasteiger partial charge < -0.3 is 13.7 Å². The van der Waals surface area contributed by atoms with Crippen LogP contribution in [0.1, 0.15) is 0 Å². The molecule has 240 valence electrons. The second-order valence-corrected chi connectivity index (χ2v) is 12.8. The first-order valence-corrected chi connectivity index (χ1v) is 17.3. The van der Waals surface area contributed by atoms with Crippen LogP contribution >= 0.6 is 0 Å². The molecule has 0 saturated heterocycles. The van der Waals surface area contributed by atoms with Gasteiger partial charge in [0.1, 0.15) is 16.7 Å². The fourth-order valence-electron chi connectivity index (χ4n) is 7.53. The number of hydrogen-bond donors (Lipinski definition) is 0. The Balaban J connectivity index is 1.29. The van der Waals surface area contributed by atoms with Crippen molar-refractivity contribution >= 4 is 60.9 Å². The van der Waals surface area contributed by atoms with E-state index >= 15 is 0 Å². The molecule has 2 aromatic heterocycles. The Morgan fingerprint density at radius 3 is 1.43 bits per heavy atom. The van der Waals surface area contributed by atoms with Crippen molar-refractivity contribution in [2.75, 3.05) is 4.90 Å². The van der Waals surface area contributed by atoms with Gasteiger partial charge in [-0.2, -0.15) is 0 Å². The lowest BCUT2D eigenvalue weighted by atomic mass is 9.97. The van der Waals surface area contributed by atoms with Gasteiger partial charge in [-0.05, 0) is 70.3 Å². The fraction of sp³-hybridized carbons (Fsp3) is 0. The molecular weight excluding hydrogens is 623 g/mol. The number of furan rings is 2. The highest BCUT2D eigenvalue weighted by Crippen LogP contribution is 2.50. The van der Waals surface area contributed by atoms with Crippen LogP contribution in [0.3, 0.4) is 0 Å². The number of benzene rings is 8. The standard InChI is InChI=1S/C48H31NO2/c1-4-14-32(15-5-1)33-24-26-36(27-25-33)49(41-30-29-38(35-18-8-3-9-19-35)47-46(41)40-21-11-13-23-44(40)50-47)42-31-28-37(34-16-6-2-7-17-34)45-39-20-10-12-22-43(39)51-48(42)45/h1-31H. The number of hydrogen-bond acceptors (Lipinski definition) is 3. The van der Waals surface area contributed by atoms with E-state index in [2.05, 4.69) is 175 Å². The highest BCUT2D eigenvalue weighted by atomic mass is 16.3. The predicted octanol–water partition coefficient (Wildman–Crippen LogP) is 14.0. The molecule has 10 aromatic rings. The van der Waals surface area contributed by atoms with Gasteiger partial charge >= 0.3 is 0 Å². The average Bonchev–Trinajstić information content (AvgIpc) is 3.79. The molecule has 0 bridgehead atoms. The second-order valence-electron chi connectivity index (χ2n) is 12.8. The van der Waals surface area contributed by atoms with Crippen LogP contribution in [0.15, 0.2) is 197 Å². The largest absolute Gasteiger partial charge is 0.455 e. The molecule has 0 spiro atoms. The monoisotopic (exact) mass is 653 g/mol. The van der Waals surface area contributed by atoms with Crippen LogP contribution in [0.4, 0.5) is 17.1 Å². The van der Waals surface area contributed by atoms with Crippen molar-refractivity contribution in [3.63, 3.8) is 0 Å². The molecule has 0 radical (unpaired) electrons. The molecule has 10 rings (SSSR count). The molecule has 0 unspecified atom stereocenters. The lowest BCUT2D eigenvalue weighted by molar-refractivity contribution is 0.668. The van der Waals surface area contributed by atoms with E-state index < -0.39 is 0 Å². The molecule has 0 N–H and O–H groups in total. The summed E-state index contributed by atoms with van der Waals surface area (Å²) in [5.41, 5.74) is 13.2. The van der Waals surface area contributed by atoms with Gasteiger partial charge in [0.25, 0.3) is 0 Å². The summed E-state index contributed by atoms with van der Waals surface area (Å²) < 4.78 is 13.6. The number of rotatable bonds is 6. The van der Waals surface area contributed by atoms with Crippen LogP contribution in [-0.2, 0) is 0 Å². The van der Waals surface area contributed by atoms with E-state index in [0.717, 1.165) is 88.8 Å². The summed E-state index contributed by atoms with van der Waals surface area (Å²) in [7, 11) is 0. The van der Waals surface area contributed by atoms with Crippen LogP contribution in [0.5, 0.6) is 0 Å². The molecule has 3 heteroatoms. The number of anilines is 3. The number of para-hydroxylation sites is 2. The molecule has 8 aromatic carbocycles. The molecule has 0 aliphatic heterocycles. The first-order chi connectivity index (χ1) is 25.3. The smallest absolute Gasteiger partial charge is 0.160 e. The van der Waals surface area contributed by atoms with Crippen molar-refractivity contribution in [3.8, 4) is 33.4 Å². The zero-order valence-electron chi connectivity index (χ0n) is 27.7. The average molecular weight is 654 g/mol. The summed E-state index contributed by atoms with van der Waals surface area (Å²) in [5.74, 6) is 0. The van der Waals surface area contributed by atoms with Gasteiger partial charge in [-0.25, -0.2) is 0 Å². The fourth-order valence-corrected chi connectivity index (χ4v) is 7.53. The number of fused-ring (bicyclic) bond motifs is 6. The molecule has 0 amide bonds. The van der Waals surface area contributed by atoms with Gasteiger partial charge in [-0.15, -0.1) is 0 Å². The molecule has 0 atom stereocenters. The quantitative estimate of drug-likeness (QED) is 0.179. The molecule has 0 aliphatic carbocycles. The van der Waals surface area contributed by atoms with Crippen LogP contribution in [-0.4, -0.2) is 0 Å². The summed E-state index contributed by atoms with van der Waals surface area (Å²) in [4.78, 5) is 2.34. The predicted molar refractivity (Wildman–Crippen MR) is 212 cm³/mol. The van der Waals surface area contributed by atoms with Crippen LogP contribution in [0.2, 0.25) is 0 Å². The van der Waals surface area contributed by atoms with E-state index in [1.807, 2.05) is 18.2 Å². The molecule has 3 nitrogen and oxygen atoms in total. The van der Waals surface area contributed by atoms with Crippen molar-refractivity contribution in [1.82, 2.24) is 0 Å². The van der Waals surface area contributed by atoms with E-state index in [-0.39, 0.29) is 0 Å². The third-order valence-electron chi connectivity index (χ3n) is 9.89. The third-order valence-corrected chi connectivity index (χ3v) is 9.89. The third kappa shape index (κ3) is 4.82. The molecule has 0 saturated carbocycles. The zero-order valence-corrected chi connectivity index (χ0v) is 27.7. The first kappa shape index (κ1) is 29.1. The highest BCUT2D eigenvalue weighted by molar-refractivity contribution is 6.20. The SMILES string of the molecule is c1ccc(-c2ccc(N(c3ccc(-c4ccccc4)c4c3oc3ccccc34)c3ccc(-c4ccccc4)c4oc5ccccc5c34)cc2)cc1. The van der Waals surface area contributed by atoms with Gasteiger partial charge in [-0.3, -0.25) is 0 Å². The second kappa shape index (κ2) is 11.9. The molecular formula is C48H31NO2. The topological polar surface area (TPSA) is 29.5 Å². The van der Waals surface area contributed by atoms with Gasteiger partial charge in [0.2, 0.25) is 0 Å². The van der Waals surface area contributed by atoms with E-state index in [1.165, 1.54) is 5.56 Å². The molecule has 0 fully saturated rings. The van der Waals surface area contributed by atoms with E-state index in [1.54, 1.807) is 0 Å². The maximum Gasteiger partial charge on any atom is 0.160 e. The Kier molecular flexibility index (Phi) is 6.81. The van der Waals surface area contributed by atoms with E-state index in [0.29, 0.717) is 0 Å². The minimum Gasteiger partial charge on any atom is -0.455 e. The highest BCUT2D eigenvalue weighted by Gasteiger charge is 2.26.